The highest BCUT2D eigenvalue weighted by molar-refractivity contribution is 8.01. The second kappa shape index (κ2) is 7.88. The number of nitrogens with zero attached hydrogens (tertiary/aromatic N) is 1. The van der Waals surface area contributed by atoms with E-state index < -0.39 is 17.0 Å². The summed E-state index contributed by atoms with van der Waals surface area (Å²) in [5.74, 6) is -1.46. The fourth-order valence-electron chi connectivity index (χ4n) is 2.50. The lowest BCUT2D eigenvalue weighted by Gasteiger charge is -2.14. The second-order valence-corrected chi connectivity index (χ2v) is 7.23. The summed E-state index contributed by atoms with van der Waals surface area (Å²) in [6, 6.07) is 11.8. The van der Waals surface area contributed by atoms with E-state index in [-0.39, 0.29) is 24.0 Å². The Bertz CT molecular complexity index is 843. The number of halogens is 2. The maximum absolute atomic E-state index is 13.0. The van der Waals surface area contributed by atoms with Gasteiger partial charge in [0.15, 0.2) is 0 Å². The summed E-state index contributed by atoms with van der Waals surface area (Å²) < 4.78 is 13.0. The molecular formula is C18H14ClFN2O3S. The Hall–Kier alpha value is -2.38. The largest absolute Gasteiger partial charge is 0.325 e. The van der Waals surface area contributed by atoms with Gasteiger partial charge in [0.05, 0.1) is 16.7 Å². The van der Waals surface area contributed by atoms with Crippen molar-refractivity contribution in [1.29, 1.82) is 0 Å². The normalized spacial score (nSPS) is 16.8. The van der Waals surface area contributed by atoms with E-state index in [0.717, 1.165) is 16.7 Å². The number of hydrogen-bond acceptors (Lipinski definition) is 4. The lowest BCUT2D eigenvalue weighted by Crippen LogP contribution is -2.31. The fourth-order valence-corrected chi connectivity index (χ4v) is 3.56. The molecule has 0 aliphatic carbocycles. The van der Waals surface area contributed by atoms with Crippen molar-refractivity contribution in [3.63, 3.8) is 0 Å². The summed E-state index contributed by atoms with van der Waals surface area (Å²) in [5, 5.41) is 2.63. The van der Waals surface area contributed by atoms with E-state index in [4.69, 9.17) is 11.6 Å². The molecule has 8 heteroatoms. The average Bonchev–Trinajstić information content (AvgIpc) is 2.90. The first-order valence-electron chi connectivity index (χ1n) is 7.73. The summed E-state index contributed by atoms with van der Waals surface area (Å²) in [7, 11) is 0. The summed E-state index contributed by atoms with van der Waals surface area (Å²) in [6.45, 7) is 0. The minimum Gasteiger partial charge on any atom is -0.325 e. The van der Waals surface area contributed by atoms with E-state index >= 15 is 0 Å². The van der Waals surface area contributed by atoms with Gasteiger partial charge in [0.1, 0.15) is 5.82 Å². The molecule has 1 saturated heterocycles. The Morgan fingerprint density at radius 2 is 1.81 bits per heavy atom. The van der Waals surface area contributed by atoms with Gasteiger partial charge in [-0.2, -0.15) is 0 Å². The minimum absolute atomic E-state index is 0.00903. The number of carbonyl (C=O) groups excluding carboxylic acids is 3. The van der Waals surface area contributed by atoms with Crippen LogP contribution in [0.1, 0.15) is 6.42 Å². The molecule has 26 heavy (non-hydrogen) atoms. The number of benzene rings is 2. The van der Waals surface area contributed by atoms with E-state index in [1.165, 1.54) is 24.3 Å². The monoisotopic (exact) mass is 392 g/mol. The van der Waals surface area contributed by atoms with Crippen LogP contribution in [0.25, 0.3) is 0 Å². The summed E-state index contributed by atoms with van der Waals surface area (Å²) in [4.78, 5) is 37.6. The zero-order valence-corrected chi connectivity index (χ0v) is 15.0. The molecule has 0 radical (unpaired) electrons. The third kappa shape index (κ3) is 4.23. The molecule has 5 nitrogen and oxygen atoms in total. The van der Waals surface area contributed by atoms with Gasteiger partial charge in [0.2, 0.25) is 17.7 Å². The third-order valence-corrected chi connectivity index (χ3v) is 5.19. The number of anilines is 2. The zero-order valence-electron chi connectivity index (χ0n) is 13.4. The van der Waals surface area contributed by atoms with Crippen LogP contribution in [0.4, 0.5) is 15.8 Å². The van der Waals surface area contributed by atoms with Gasteiger partial charge in [-0.25, -0.2) is 9.29 Å². The number of hydrogen-bond donors (Lipinski definition) is 1. The molecule has 134 valence electrons. The van der Waals surface area contributed by atoms with Crippen molar-refractivity contribution in [2.45, 2.75) is 11.7 Å². The first kappa shape index (κ1) is 18.4. The number of imide groups is 1. The number of nitrogens with one attached hydrogen (secondary N) is 1. The molecule has 1 fully saturated rings. The molecule has 0 bridgehead atoms. The molecule has 0 saturated carbocycles. The molecule has 1 aliphatic heterocycles. The molecule has 2 aromatic carbocycles. The maximum Gasteiger partial charge on any atom is 0.247 e. The summed E-state index contributed by atoms with van der Waals surface area (Å²) in [6.07, 6.45) is 0.00903. The predicted octanol–water partition coefficient (Wildman–Crippen LogP) is 3.48. The lowest BCUT2D eigenvalue weighted by molar-refractivity contribution is -0.121. The number of rotatable bonds is 5. The first-order valence-corrected chi connectivity index (χ1v) is 9.16. The molecule has 1 heterocycles. The molecule has 1 N–H and O–H groups in total. The van der Waals surface area contributed by atoms with Crippen molar-refractivity contribution in [1.82, 2.24) is 0 Å². The van der Waals surface area contributed by atoms with Crippen molar-refractivity contribution in [2.75, 3.05) is 16.0 Å². The third-order valence-electron chi connectivity index (χ3n) is 3.73. The molecule has 0 spiro atoms. The van der Waals surface area contributed by atoms with E-state index in [1.807, 2.05) is 0 Å². The van der Waals surface area contributed by atoms with Crippen LogP contribution in [0.5, 0.6) is 0 Å². The zero-order chi connectivity index (χ0) is 18.7. The highest BCUT2D eigenvalue weighted by Gasteiger charge is 2.40. The van der Waals surface area contributed by atoms with Gasteiger partial charge in [-0.15, -0.1) is 11.8 Å². The predicted molar refractivity (Wildman–Crippen MR) is 99.8 cm³/mol. The van der Waals surface area contributed by atoms with E-state index in [0.29, 0.717) is 16.4 Å². The van der Waals surface area contributed by atoms with Crippen LogP contribution in [-0.4, -0.2) is 28.7 Å². The van der Waals surface area contributed by atoms with Gasteiger partial charge < -0.3 is 5.32 Å². The van der Waals surface area contributed by atoms with Crippen LogP contribution in [-0.2, 0) is 14.4 Å². The highest BCUT2D eigenvalue weighted by Crippen LogP contribution is 2.29. The molecule has 0 aromatic heterocycles. The van der Waals surface area contributed by atoms with Gasteiger partial charge in [-0.3, -0.25) is 14.4 Å². The fraction of sp³-hybridized carbons (Fsp3) is 0.167. The SMILES string of the molecule is O=C(CS[C@H]1CC(=O)N(c2ccc(F)cc2)C1=O)Nc1ccc(Cl)cc1. The molecule has 2 aromatic rings. The summed E-state index contributed by atoms with van der Waals surface area (Å²) >= 11 is 6.89. The molecule has 0 unspecified atom stereocenters. The van der Waals surface area contributed by atoms with Gasteiger partial charge in [-0.05, 0) is 48.5 Å². The van der Waals surface area contributed by atoms with Crippen molar-refractivity contribution < 1.29 is 18.8 Å². The van der Waals surface area contributed by atoms with Crippen molar-refractivity contribution in [3.8, 4) is 0 Å². The van der Waals surface area contributed by atoms with Crippen LogP contribution in [0, 0.1) is 5.82 Å². The standard InChI is InChI=1S/C18H14ClFN2O3S/c19-11-1-5-13(6-2-11)21-16(23)10-26-15-9-17(24)22(18(15)25)14-7-3-12(20)4-8-14/h1-8,15H,9-10H2,(H,21,23)/t15-/m0/s1. The molecular weight excluding hydrogens is 379 g/mol. The van der Waals surface area contributed by atoms with E-state index in [2.05, 4.69) is 5.32 Å². The second-order valence-electron chi connectivity index (χ2n) is 5.60. The van der Waals surface area contributed by atoms with Crippen LogP contribution in [0.2, 0.25) is 5.02 Å². The topological polar surface area (TPSA) is 66.5 Å². The molecule has 3 rings (SSSR count). The Labute approximate surface area is 158 Å². The van der Waals surface area contributed by atoms with Crippen molar-refractivity contribution in [3.05, 3.63) is 59.4 Å². The van der Waals surface area contributed by atoms with Crippen molar-refractivity contribution in [2.24, 2.45) is 0 Å². The Morgan fingerprint density at radius 3 is 2.46 bits per heavy atom. The minimum atomic E-state index is -0.636. The van der Waals surface area contributed by atoms with E-state index in [1.54, 1.807) is 24.3 Å². The van der Waals surface area contributed by atoms with E-state index in [9.17, 15) is 18.8 Å². The number of amides is 3. The average molecular weight is 393 g/mol. The first-order chi connectivity index (χ1) is 12.4. The smallest absolute Gasteiger partial charge is 0.247 e. The Balaban J connectivity index is 1.57. The van der Waals surface area contributed by atoms with Crippen LogP contribution in [0.3, 0.4) is 0 Å². The van der Waals surface area contributed by atoms with Gasteiger partial charge in [-0.1, -0.05) is 11.6 Å². The Morgan fingerprint density at radius 1 is 1.15 bits per heavy atom. The Kier molecular flexibility index (Phi) is 5.58. The van der Waals surface area contributed by atoms with Crippen molar-refractivity contribution >= 4 is 52.5 Å². The molecule has 1 atom stereocenters. The quantitative estimate of drug-likeness (QED) is 0.791. The summed E-state index contributed by atoms with van der Waals surface area (Å²) in [5.41, 5.74) is 0.928. The van der Waals surface area contributed by atoms with Gasteiger partial charge >= 0.3 is 0 Å². The van der Waals surface area contributed by atoms with Crippen LogP contribution < -0.4 is 10.2 Å². The lowest BCUT2D eigenvalue weighted by atomic mass is 10.3. The van der Waals surface area contributed by atoms with Crippen LogP contribution >= 0.6 is 23.4 Å². The maximum atomic E-state index is 13.0. The number of thioether (sulfide) groups is 1. The van der Waals surface area contributed by atoms with Gasteiger partial charge in [0.25, 0.3) is 0 Å². The molecule has 1 aliphatic rings. The molecule has 3 amide bonds. The number of carbonyl (C=O) groups is 3. The van der Waals surface area contributed by atoms with Crippen LogP contribution in [0.15, 0.2) is 48.5 Å². The van der Waals surface area contributed by atoms with Gasteiger partial charge in [0, 0.05) is 17.1 Å². The highest BCUT2D eigenvalue weighted by atomic mass is 35.5.